The van der Waals surface area contributed by atoms with Crippen molar-refractivity contribution in [2.45, 2.75) is 26.3 Å². The molecule has 4 nitrogen and oxygen atoms in total. The zero-order chi connectivity index (χ0) is 12.8. The van der Waals surface area contributed by atoms with Gasteiger partial charge in [-0.2, -0.15) is 0 Å². The number of rotatable bonds is 5. The number of hydrogen-bond donors (Lipinski definition) is 1. The van der Waals surface area contributed by atoms with Crippen LogP contribution in [-0.2, 0) is 9.53 Å². The van der Waals surface area contributed by atoms with Crippen LogP contribution in [0.5, 0.6) is 5.75 Å². The van der Waals surface area contributed by atoms with Crippen LogP contribution in [0, 0.1) is 6.92 Å². The van der Waals surface area contributed by atoms with E-state index in [2.05, 4.69) is 0 Å². The van der Waals surface area contributed by atoms with E-state index >= 15 is 0 Å². The summed E-state index contributed by atoms with van der Waals surface area (Å²) in [6.45, 7) is 4.11. The van der Waals surface area contributed by atoms with Gasteiger partial charge >= 0.3 is 5.97 Å². The van der Waals surface area contributed by atoms with Gasteiger partial charge in [0.1, 0.15) is 5.75 Å². The molecule has 0 aromatic heterocycles. The van der Waals surface area contributed by atoms with E-state index in [9.17, 15) is 4.79 Å². The molecule has 1 aromatic rings. The maximum Gasteiger partial charge on any atom is 0.307 e. The molecule has 17 heavy (non-hydrogen) atoms. The molecule has 4 heteroatoms. The van der Waals surface area contributed by atoms with Crippen LogP contribution in [-0.4, -0.2) is 19.7 Å². The van der Waals surface area contributed by atoms with E-state index in [1.165, 1.54) is 0 Å². The molecule has 0 unspecified atom stereocenters. The van der Waals surface area contributed by atoms with Gasteiger partial charge in [0.25, 0.3) is 0 Å². The molecule has 0 spiro atoms. The Kier molecular flexibility index (Phi) is 4.97. The highest BCUT2D eigenvalue weighted by Gasteiger charge is 2.14. The lowest BCUT2D eigenvalue weighted by atomic mass is 9.99. The second kappa shape index (κ2) is 6.25. The standard InChI is InChI=1S/C13H19NO3/c1-4-17-13(15)8-12(14)11-6-5-10(16-3)7-9(11)2/h5-7,12H,4,8,14H2,1-3H3/t12-/m1/s1. The van der Waals surface area contributed by atoms with Gasteiger partial charge in [-0.3, -0.25) is 4.79 Å². The van der Waals surface area contributed by atoms with E-state index in [1.54, 1.807) is 14.0 Å². The Morgan fingerprint density at radius 1 is 1.47 bits per heavy atom. The molecule has 1 aromatic carbocycles. The summed E-state index contributed by atoms with van der Waals surface area (Å²) in [6, 6.07) is 5.30. The minimum Gasteiger partial charge on any atom is -0.497 e. The monoisotopic (exact) mass is 237 g/mol. The summed E-state index contributed by atoms with van der Waals surface area (Å²) in [7, 11) is 1.62. The third-order valence-electron chi connectivity index (χ3n) is 2.57. The first kappa shape index (κ1) is 13.5. The minimum atomic E-state index is -0.333. The Balaban J connectivity index is 2.75. The molecule has 0 aliphatic rings. The number of methoxy groups -OCH3 is 1. The highest BCUT2D eigenvalue weighted by molar-refractivity contribution is 5.70. The maximum atomic E-state index is 11.3. The molecule has 0 saturated carbocycles. The first-order chi connectivity index (χ1) is 8.08. The second-order valence-corrected chi connectivity index (χ2v) is 3.84. The van der Waals surface area contributed by atoms with Crippen LogP contribution >= 0.6 is 0 Å². The fourth-order valence-corrected chi connectivity index (χ4v) is 1.70. The van der Waals surface area contributed by atoms with Gasteiger partial charge in [0.2, 0.25) is 0 Å². The molecule has 0 saturated heterocycles. The molecule has 0 aliphatic carbocycles. The molecule has 0 aliphatic heterocycles. The van der Waals surface area contributed by atoms with Crippen molar-refractivity contribution in [3.05, 3.63) is 29.3 Å². The van der Waals surface area contributed by atoms with Crippen molar-refractivity contribution in [2.75, 3.05) is 13.7 Å². The Bertz CT molecular complexity index is 390. The Hall–Kier alpha value is -1.55. The smallest absolute Gasteiger partial charge is 0.307 e. The van der Waals surface area contributed by atoms with E-state index in [0.29, 0.717) is 6.61 Å². The Morgan fingerprint density at radius 3 is 2.71 bits per heavy atom. The van der Waals surface area contributed by atoms with Crippen LogP contribution in [0.25, 0.3) is 0 Å². The van der Waals surface area contributed by atoms with Crippen molar-refractivity contribution in [1.82, 2.24) is 0 Å². The number of benzene rings is 1. The van der Waals surface area contributed by atoms with E-state index in [0.717, 1.165) is 16.9 Å². The summed E-state index contributed by atoms with van der Waals surface area (Å²) in [5, 5.41) is 0. The zero-order valence-electron chi connectivity index (χ0n) is 10.5. The van der Waals surface area contributed by atoms with E-state index in [-0.39, 0.29) is 18.4 Å². The van der Waals surface area contributed by atoms with Crippen molar-refractivity contribution in [3.8, 4) is 5.75 Å². The van der Waals surface area contributed by atoms with Gasteiger partial charge in [0.05, 0.1) is 20.1 Å². The van der Waals surface area contributed by atoms with Crippen molar-refractivity contribution < 1.29 is 14.3 Å². The minimum absolute atomic E-state index is 0.195. The SMILES string of the molecule is CCOC(=O)C[C@@H](N)c1ccc(OC)cc1C. The molecule has 2 N–H and O–H groups in total. The van der Waals surface area contributed by atoms with Gasteiger partial charge in [-0.15, -0.1) is 0 Å². The number of nitrogens with two attached hydrogens (primary N) is 1. The third-order valence-corrected chi connectivity index (χ3v) is 2.57. The molecule has 0 bridgehead atoms. The summed E-state index contributed by atoms with van der Waals surface area (Å²) in [4.78, 5) is 11.3. The number of carbonyl (C=O) groups is 1. The topological polar surface area (TPSA) is 61.5 Å². The van der Waals surface area contributed by atoms with Gasteiger partial charge in [-0.1, -0.05) is 6.07 Å². The molecular weight excluding hydrogens is 218 g/mol. The van der Waals surface area contributed by atoms with Crippen LogP contribution in [0.4, 0.5) is 0 Å². The lowest BCUT2D eigenvalue weighted by molar-refractivity contribution is -0.143. The summed E-state index contributed by atoms with van der Waals surface area (Å²) >= 11 is 0. The van der Waals surface area contributed by atoms with Crippen molar-refractivity contribution in [2.24, 2.45) is 5.73 Å². The zero-order valence-corrected chi connectivity index (χ0v) is 10.5. The van der Waals surface area contributed by atoms with Crippen LogP contribution in [0.15, 0.2) is 18.2 Å². The Labute approximate surface area is 102 Å². The average Bonchev–Trinajstić information content (AvgIpc) is 2.28. The van der Waals surface area contributed by atoms with Crippen LogP contribution < -0.4 is 10.5 Å². The quantitative estimate of drug-likeness (QED) is 0.795. The van der Waals surface area contributed by atoms with Crippen LogP contribution in [0.2, 0.25) is 0 Å². The van der Waals surface area contributed by atoms with E-state index in [1.807, 2.05) is 25.1 Å². The predicted octanol–water partition coefficient (Wildman–Crippen LogP) is 1.96. The third kappa shape index (κ3) is 3.75. The van der Waals surface area contributed by atoms with E-state index < -0.39 is 0 Å². The lowest BCUT2D eigenvalue weighted by Crippen LogP contribution is -2.18. The first-order valence-corrected chi connectivity index (χ1v) is 5.64. The first-order valence-electron chi connectivity index (χ1n) is 5.64. The summed E-state index contributed by atoms with van der Waals surface area (Å²) in [5.74, 6) is 0.518. The highest BCUT2D eigenvalue weighted by Crippen LogP contribution is 2.23. The number of ether oxygens (including phenoxy) is 2. The number of hydrogen-bond acceptors (Lipinski definition) is 4. The lowest BCUT2D eigenvalue weighted by Gasteiger charge is -2.14. The normalized spacial score (nSPS) is 12.0. The van der Waals surface area contributed by atoms with E-state index in [4.69, 9.17) is 15.2 Å². The van der Waals surface area contributed by atoms with Gasteiger partial charge in [0, 0.05) is 6.04 Å². The number of carbonyl (C=O) groups excluding carboxylic acids is 1. The molecule has 0 amide bonds. The molecule has 0 radical (unpaired) electrons. The fraction of sp³-hybridized carbons (Fsp3) is 0.462. The summed E-state index contributed by atoms with van der Waals surface area (Å²) < 4.78 is 9.99. The fourth-order valence-electron chi connectivity index (χ4n) is 1.70. The van der Waals surface area contributed by atoms with Gasteiger partial charge in [-0.25, -0.2) is 0 Å². The summed E-state index contributed by atoms with van der Waals surface area (Å²) in [5.41, 5.74) is 7.94. The predicted molar refractivity (Wildman–Crippen MR) is 65.9 cm³/mol. The maximum absolute atomic E-state index is 11.3. The number of esters is 1. The molecular formula is C13H19NO3. The average molecular weight is 237 g/mol. The Morgan fingerprint density at radius 2 is 2.18 bits per heavy atom. The van der Waals surface area contributed by atoms with Crippen LogP contribution in [0.3, 0.4) is 0 Å². The highest BCUT2D eigenvalue weighted by atomic mass is 16.5. The molecule has 1 rings (SSSR count). The van der Waals surface area contributed by atoms with Gasteiger partial charge < -0.3 is 15.2 Å². The largest absolute Gasteiger partial charge is 0.497 e. The van der Waals surface area contributed by atoms with Gasteiger partial charge in [0.15, 0.2) is 0 Å². The van der Waals surface area contributed by atoms with Gasteiger partial charge in [-0.05, 0) is 37.1 Å². The molecule has 0 heterocycles. The van der Waals surface area contributed by atoms with Crippen LogP contribution in [0.1, 0.15) is 30.5 Å². The molecule has 94 valence electrons. The van der Waals surface area contributed by atoms with Crippen molar-refractivity contribution in [1.29, 1.82) is 0 Å². The van der Waals surface area contributed by atoms with Crippen molar-refractivity contribution in [3.63, 3.8) is 0 Å². The van der Waals surface area contributed by atoms with Crippen molar-refractivity contribution >= 4 is 5.97 Å². The number of aryl methyl sites for hydroxylation is 1. The molecule has 1 atom stereocenters. The summed E-state index contributed by atoms with van der Waals surface area (Å²) in [6.07, 6.45) is 0.195. The molecule has 0 fully saturated rings. The second-order valence-electron chi connectivity index (χ2n) is 3.84.